The number of carbonyl (C=O) groups is 2. The Balaban J connectivity index is 2.44. The summed E-state index contributed by atoms with van der Waals surface area (Å²) < 4.78 is 4.84. The molecule has 0 heterocycles. The molecule has 4 nitrogen and oxygen atoms in total. The number of Topliss-reactive ketones (excluding diaryl/α,β-unsaturated/α-hetero) is 1. The van der Waals surface area contributed by atoms with Gasteiger partial charge in [0.15, 0.2) is 0 Å². The minimum atomic E-state index is -0.863. The molecule has 0 bridgehead atoms. The molecule has 0 fully saturated rings. The minimum Gasteiger partial charge on any atom is -0.455 e. The van der Waals surface area contributed by atoms with Crippen LogP contribution >= 0.6 is 0 Å². The standard InChI is InChI=1S/C12H15NO3/c1-2-10(13)11(14)12(15)16-8-9-6-4-3-5-7-9/h3-7,10H,2,8,13H2,1H3/t10-/m0/s1. The molecule has 1 atom stereocenters. The lowest BCUT2D eigenvalue weighted by atomic mass is 10.1. The topological polar surface area (TPSA) is 69.4 Å². The Bertz CT molecular complexity index is 362. The largest absolute Gasteiger partial charge is 0.455 e. The van der Waals surface area contributed by atoms with Gasteiger partial charge in [-0.1, -0.05) is 37.3 Å². The molecule has 0 aliphatic heterocycles. The van der Waals surface area contributed by atoms with E-state index >= 15 is 0 Å². The quantitative estimate of drug-likeness (QED) is 0.595. The third kappa shape index (κ3) is 3.47. The Morgan fingerprint density at radius 2 is 1.94 bits per heavy atom. The Morgan fingerprint density at radius 3 is 2.50 bits per heavy atom. The van der Waals surface area contributed by atoms with Gasteiger partial charge >= 0.3 is 5.97 Å². The summed E-state index contributed by atoms with van der Waals surface area (Å²) in [4.78, 5) is 22.6. The van der Waals surface area contributed by atoms with Crippen molar-refractivity contribution in [3.05, 3.63) is 35.9 Å². The van der Waals surface area contributed by atoms with Crippen LogP contribution in [-0.4, -0.2) is 17.8 Å². The number of carbonyl (C=O) groups excluding carboxylic acids is 2. The van der Waals surface area contributed by atoms with Crippen molar-refractivity contribution in [3.63, 3.8) is 0 Å². The van der Waals surface area contributed by atoms with E-state index in [1.165, 1.54) is 0 Å². The van der Waals surface area contributed by atoms with Gasteiger partial charge < -0.3 is 10.5 Å². The third-order valence-corrected chi connectivity index (χ3v) is 2.19. The predicted octanol–water partition coefficient (Wildman–Crippen LogP) is 1.04. The van der Waals surface area contributed by atoms with Crippen molar-refractivity contribution in [2.24, 2.45) is 5.73 Å². The van der Waals surface area contributed by atoms with Gasteiger partial charge in [0.1, 0.15) is 6.61 Å². The predicted molar refractivity (Wildman–Crippen MR) is 59.5 cm³/mol. The molecule has 0 saturated heterocycles. The average Bonchev–Trinajstić information content (AvgIpc) is 2.35. The first-order valence-corrected chi connectivity index (χ1v) is 5.15. The van der Waals surface area contributed by atoms with Crippen molar-refractivity contribution in [1.82, 2.24) is 0 Å². The highest BCUT2D eigenvalue weighted by atomic mass is 16.5. The van der Waals surface area contributed by atoms with Crippen molar-refractivity contribution in [2.75, 3.05) is 0 Å². The molecule has 0 aromatic heterocycles. The Hall–Kier alpha value is -1.68. The Morgan fingerprint density at radius 1 is 1.31 bits per heavy atom. The fourth-order valence-electron chi connectivity index (χ4n) is 1.13. The summed E-state index contributed by atoms with van der Waals surface area (Å²) >= 11 is 0. The van der Waals surface area contributed by atoms with Gasteiger partial charge in [-0.25, -0.2) is 4.79 Å². The molecule has 0 saturated carbocycles. The highest BCUT2D eigenvalue weighted by molar-refractivity contribution is 6.35. The Labute approximate surface area is 94.4 Å². The zero-order valence-corrected chi connectivity index (χ0v) is 9.18. The van der Waals surface area contributed by atoms with E-state index in [0.29, 0.717) is 6.42 Å². The second kappa shape index (κ2) is 6.02. The fourth-order valence-corrected chi connectivity index (χ4v) is 1.13. The van der Waals surface area contributed by atoms with Gasteiger partial charge in [-0.15, -0.1) is 0 Å². The van der Waals surface area contributed by atoms with Gasteiger partial charge in [-0.3, -0.25) is 4.79 Å². The maximum atomic E-state index is 11.3. The summed E-state index contributed by atoms with van der Waals surface area (Å²) in [5.41, 5.74) is 6.28. The lowest BCUT2D eigenvalue weighted by Gasteiger charge is -2.07. The molecular formula is C12H15NO3. The van der Waals surface area contributed by atoms with Crippen molar-refractivity contribution in [1.29, 1.82) is 0 Å². The number of ketones is 1. The number of nitrogens with two attached hydrogens (primary N) is 1. The van der Waals surface area contributed by atoms with E-state index in [1.54, 1.807) is 6.92 Å². The number of ether oxygens (including phenoxy) is 1. The molecule has 0 aliphatic rings. The third-order valence-electron chi connectivity index (χ3n) is 2.19. The van der Waals surface area contributed by atoms with Crippen LogP contribution in [0.25, 0.3) is 0 Å². The van der Waals surface area contributed by atoms with E-state index in [-0.39, 0.29) is 6.61 Å². The number of hydrogen-bond donors (Lipinski definition) is 1. The lowest BCUT2D eigenvalue weighted by molar-refractivity contribution is -0.155. The van der Waals surface area contributed by atoms with Gasteiger partial charge in [0.25, 0.3) is 5.78 Å². The van der Waals surface area contributed by atoms with Crippen molar-refractivity contribution < 1.29 is 14.3 Å². The van der Waals surface area contributed by atoms with Gasteiger partial charge in [0, 0.05) is 0 Å². The molecule has 0 spiro atoms. The summed E-state index contributed by atoms with van der Waals surface area (Å²) in [6, 6.07) is 8.41. The van der Waals surface area contributed by atoms with Crippen LogP contribution < -0.4 is 5.73 Å². The number of hydrogen-bond acceptors (Lipinski definition) is 4. The highest BCUT2D eigenvalue weighted by Gasteiger charge is 2.21. The number of esters is 1. The molecule has 1 aromatic carbocycles. The fraction of sp³-hybridized carbons (Fsp3) is 0.333. The first kappa shape index (κ1) is 12.4. The van der Waals surface area contributed by atoms with Gasteiger partial charge in [0.05, 0.1) is 6.04 Å². The van der Waals surface area contributed by atoms with E-state index in [9.17, 15) is 9.59 Å². The van der Waals surface area contributed by atoms with Crippen LogP contribution in [-0.2, 0) is 20.9 Å². The van der Waals surface area contributed by atoms with E-state index in [1.807, 2.05) is 30.3 Å². The molecular weight excluding hydrogens is 206 g/mol. The summed E-state index contributed by atoms with van der Waals surface area (Å²) in [6.45, 7) is 1.84. The van der Waals surface area contributed by atoms with Crippen LogP contribution in [0.5, 0.6) is 0 Å². The molecule has 2 N–H and O–H groups in total. The van der Waals surface area contributed by atoms with Crippen LogP contribution in [0.15, 0.2) is 30.3 Å². The molecule has 1 aromatic rings. The Kier molecular flexibility index (Phi) is 4.66. The molecule has 16 heavy (non-hydrogen) atoms. The number of rotatable bonds is 5. The molecule has 4 heteroatoms. The molecule has 0 amide bonds. The average molecular weight is 221 g/mol. The zero-order chi connectivity index (χ0) is 12.0. The molecule has 0 aliphatic carbocycles. The normalized spacial score (nSPS) is 11.9. The number of benzene rings is 1. The second-order valence-corrected chi connectivity index (χ2v) is 3.44. The van der Waals surface area contributed by atoms with E-state index < -0.39 is 17.8 Å². The second-order valence-electron chi connectivity index (χ2n) is 3.44. The first-order valence-electron chi connectivity index (χ1n) is 5.15. The monoisotopic (exact) mass is 221 g/mol. The maximum Gasteiger partial charge on any atom is 0.376 e. The van der Waals surface area contributed by atoms with Crippen LogP contribution in [0.2, 0.25) is 0 Å². The van der Waals surface area contributed by atoms with Crippen molar-refractivity contribution in [2.45, 2.75) is 26.0 Å². The van der Waals surface area contributed by atoms with Crippen LogP contribution in [0.4, 0.5) is 0 Å². The molecule has 0 unspecified atom stereocenters. The van der Waals surface area contributed by atoms with E-state index in [4.69, 9.17) is 10.5 Å². The van der Waals surface area contributed by atoms with Crippen LogP contribution in [0.3, 0.4) is 0 Å². The SMILES string of the molecule is CC[C@H](N)C(=O)C(=O)OCc1ccccc1. The summed E-state index contributed by atoms with van der Waals surface area (Å²) in [6.07, 6.45) is 0.430. The lowest BCUT2D eigenvalue weighted by Crippen LogP contribution is -2.36. The van der Waals surface area contributed by atoms with Crippen molar-refractivity contribution >= 4 is 11.8 Å². The van der Waals surface area contributed by atoms with Gasteiger partial charge in [0.2, 0.25) is 0 Å². The van der Waals surface area contributed by atoms with Gasteiger partial charge in [-0.2, -0.15) is 0 Å². The summed E-state index contributed by atoms with van der Waals surface area (Å²) in [7, 11) is 0. The van der Waals surface area contributed by atoms with E-state index in [0.717, 1.165) is 5.56 Å². The molecule has 0 radical (unpaired) electrons. The summed E-state index contributed by atoms with van der Waals surface area (Å²) in [5, 5.41) is 0. The zero-order valence-electron chi connectivity index (χ0n) is 9.18. The molecule has 86 valence electrons. The maximum absolute atomic E-state index is 11.3. The minimum absolute atomic E-state index is 0.0991. The first-order chi connectivity index (χ1) is 7.65. The smallest absolute Gasteiger partial charge is 0.376 e. The highest BCUT2D eigenvalue weighted by Crippen LogP contribution is 2.01. The molecule has 1 rings (SSSR count). The van der Waals surface area contributed by atoms with Crippen LogP contribution in [0, 0.1) is 0 Å². The summed E-state index contributed by atoms with van der Waals surface area (Å²) in [5.74, 6) is -1.53. The van der Waals surface area contributed by atoms with Crippen LogP contribution in [0.1, 0.15) is 18.9 Å². The van der Waals surface area contributed by atoms with Gasteiger partial charge in [-0.05, 0) is 12.0 Å². The van der Waals surface area contributed by atoms with Crippen molar-refractivity contribution in [3.8, 4) is 0 Å². The van der Waals surface area contributed by atoms with E-state index in [2.05, 4.69) is 0 Å².